The average molecular weight is 304 g/mol. The Labute approximate surface area is 129 Å². The topological polar surface area (TPSA) is 67.9 Å². The molecule has 1 aromatic carbocycles. The maximum absolute atomic E-state index is 12.7. The van der Waals surface area contributed by atoms with Crippen molar-refractivity contribution in [1.29, 1.82) is 0 Å². The van der Waals surface area contributed by atoms with Gasteiger partial charge in [-0.2, -0.15) is 0 Å². The minimum atomic E-state index is -0.371. The van der Waals surface area contributed by atoms with Crippen LogP contribution in [0.3, 0.4) is 0 Å². The molecule has 2 amide bonds. The lowest BCUT2D eigenvalue weighted by Gasteiger charge is -2.24. The predicted octanol–water partition coefficient (Wildman–Crippen LogP) is 1.55. The van der Waals surface area contributed by atoms with Crippen molar-refractivity contribution in [3.05, 3.63) is 23.8 Å². The van der Waals surface area contributed by atoms with Crippen LogP contribution in [0.15, 0.2) is 18.2 Å². The highest BCUT2D eigenvalue weighted by Gasteiger charge is 2.34. The Morgan fingerprint density at radius 3 is 2.95 bits per heavy atom. The molecular formula is C16H20N2O4. The fraction of sp³-hybridized carbons (Fsp3) is 0.500. The molecule has 1 aromatic rings. The predicted molar refractivity (Wildman–Crippen MR) is 79.9 cm³/mol. The largest absolute Gasteiger partial charge is 0.454 e. The van der Waals surface area contributed by atoms with E-state index in [1.165, 1.54) is 0 Å². The molecule has 6 heteroatoms. The number of fused-ring (bicyclic) bond motifs is 1. The van der Waals surface area contributed by atoms with Crippen molar-refractivity contribution >= 4 is 11.8 Å². The summed E-state index contributed by atoms with van der Waals surface area (Å²) in [6.07, 6.45) is 2.45. The highest BCUT2D eigenvalue weighted by Crippen LogP contribution is 2.33. The Morgan fingerprint density at radius 1 is 1.32 bits per heavy atom. The van der Waals surface area contributed by atoms with Crippen LogP contribution in [0.25, 0.3) is 0 Å². The van der Waals surface area contributed by atoms with Gasteiger partial charge >= 0.3 is 0 Å². The molecule has 118 valence electrons. The molecule has 6 nitrogen and oxygen atoms in total. The second kappa shape index (κ2) is 6.25. The summed E-state index contributed by atoms with van der Waals surface area (Å²) < 4.78 is 10.6. The van der Waals surface area contributed by atoms with Gasteiger partial charge in [0.15, 0.2) is 11.5 Å². The van der Waals surface area contributed by atoms with Crippen LogP contribution >= 0.6 is 0 Å². The van der Waals surface area contributed by atoms with Gasteiger partial charge in [0, 0.05) is 18.7 Å². The van der Waals surface area contributed by atoms with Crippen molar-refractivity contribution in [2.24, 2.45) is 0 Å². The van der Waals surface area contributed by atoms with Gasteiger partial charge in [-0.25, -0.2) is 0 Å². The second-order valence-electron chi connectivity index (χ2n) is 5.52. The van der Waals surface area contributed by atoms with E-state index in [1.54, 1.807) is 23.1 Å². The van der Waals surface area contributed by atoms with Crippen LogP contribution in [0, 0.1) is 0 Å². The molecule has 3 rings (SSSR count). The SMILES string of the molecule is CCCNC(=O)C1CCCN1C(=O)c1ccc2c(c1)OCO2. The number of nitrogens with zero attached hydrogens (tertiary/aromatic N) is 1. The Bertz CT molecular complexity index is 588. The van der Waals surface area contributed by atoms with Gasteiger partial charge in [-0.05, 0) is 37.5 Å². The normalized spacial score (nSPS) is 19.3. The van der Waals surface area contributed by atoms with Crippen molar-refractivity contribution in [2.75, 3.05) is 19.9 Å². The van der Waals surface area contributed by atoms with Gasteiger partial charge in [-0.1, -0.05) is 6.92 Å². The molecule has 2 aliphatic heterocycles. The smallest absolute Gasteiger partial charge is 0.254 e. The van der Waals surface area contributed by atoms with Crippen molar-refractivity contribution < 1.29 is 19.1 Å². The third-order valence-electron chi connectivity index (χ3n) is 3.99. The third-order valence-corrected chi connectivity index (χ3v) is 3.99. The fourth-order valence-electron chi connectivity index (χ4n) is 2.84. The highest BCUT2D eigenvalue weighted by molar-refractivity contribution is 5.98. The number of amides is 2. The minimum Gasteiger partial charge on any atom is -0.454 e. The second-order valence-corrected chi connectivity index (χ2v) is 5.52. The Kier molecular flexibility index (Phi) is 4.18. The van der Waals surface area contributed by atoms with Gasteiger partial charge in [0.1, 0.15) is 6.04 Å². The first-order chi connectivity index (χ1) is 10.7. The maximum Gasteiger partial charge on any atom is 0.254 e. The van der Waals surface area contributed by atoms with Gasteiger partial charge < -0.3 is 19.7 Å². The number of carbonyl (C=O) groups is 2. The summed E-state index contributed by atoms with van der Waals surface area (Å²) in [4.78, 5) is 26.5. The molecule has 1 N–H and O–H groups in total. The fourth-order valence-corrected chi connectivity index (χ4v) is 2.84. The third kappa shape index (κ3) is 2.73. The molecule has 1 saturated heterocycles. The number of carbonyl (C=O) groups excluding carboxylic acids is 2. The number of hydrogen-bond acceptors (Lipinski definition) is 4. The lowest BCUT2D eigenvalue weighted by atomic mass is 10.1. The van der Waals surface area contributed by atoms with Crippen molar-refractivity contribution in [3.8, 4) is 11.5 Å². The average Bonchev–Trinajstić information content (AvgIpc) is 3.19. The monoisotopic (exact) mass is 304 g/mol. The zero-order valence-corrected chi connectivity index (χ0v) is 12.6. The number of likely N-dealkylation sites (tertiary alicyclic amines) is 1. The van der Waals surface area contributed by atoms with Crippen molar-refractivity contribution in [3.63, 3.8) is 0 Å². The number of nitrogens with one attached hydrogen (secondary N) is 1. The van der Waals surface area contributed by atoms with Crippen LogP contribution < -0.4 is 14.8 Å². The summed E-state index contributed by atoms with van der Waals surface area (Å²) in [5, 5.41) is 2.87. The number of hydrogen-bond donors (Lipinski definition) is 1. The summed E-state index contributed by atoms with van der Waals surface area (Å²) in [5.41, 5.74) is 0.527. The molecule has 2 aliphatic rings. The summed E-state index contributed by atoms with van der Waals surface area (Å²) in [6, 6.07) is 4.77. The zero-order chi connectivity index (χ0) is 15.5. The quantitative estimate of drug-likeness (QED) is 0.916. The van der Waals surface area contributed by atoms with Crippen molar-refractivity contribution in [1.82, 2.24) is 10.2 Å². The zero-order valence-electron chi connectivity index (χ0n) is 12.6. The van der Waals surface area contributed by atoms with E-state index >= 15 is 0 Å². The Balaban J connectivity index is 1.74. The van der Waals surface area contributed by atoms with E-state index in [2.05, 4.69) is 5.32 Å². The summed E-state index contributed by atoms with van der Waals surface area (Å²) in [7, 11) is 0. The van der Waals surface area contributed by atoms with Crippen LogP contribution in [0.2, 0.25) is 0 Å². The van der Waals surface area contributed by atoms with E-state index < -0.39 is 0 Å². The molecule has 0 radical (unpaired) electrons. The van der Waals surface area contributed by atoms with Crippen LogP contribution in [0.5, 0.6) is 11.5 Å². The first kappa shape index (κ1) is 14.7. The molecule has 0 bridgehead atoms. The maximum atomic E-state index is 12.7. The van der Waals surface area contributed by atoms with Gasteiger partial charge in [0.05, 0.1) is 0 Å². The van der Waals surface area contributed by atoms with E-state index in [9.17, 15) is 9.59 Å². The van der Waals surface area contributed by atoms with Crippen LogP contribution in [-0.2, 0) is 4.79 Å². The molecule has 1 unspecified atom stereocenters. The first-order valence-electron chi connectivity index (χ1n) is 7.69. The van der Waals surface area contributed by atoms with E-state index in [0.717, 1.165) is 12.8 Å². The summed E-state index contributed by atoms with van der Waals surface area (Å²) in [5.74, 6) is 1.04. The molecule has 2 heterocycles. The lowest BCUT2D eigenvalue weighted by molar-refractivity contribution is -0.124. The minimum absolute atomic E-state index is 0.0616. The van der Waals surface area contributed by atoms with Crippen molar-refractivity contribution in [2.45, 2.75) is 32.2 Å². The van der Waals surface area contributed by atoms with Gasteiger partial charge in [-0.3, -0.25) is 9.59 Å². The molecule has 0 saturated carbocycles. The van der Waals surface area contributed by atoms with E-state index in [4.69, 9.17) is 9.47 Å². The highest BCUT2D eigenvalue weighted by atomic mass is 16.7. The molecule has 22 heavy (non-hydrogen) atoms. The molecule has 1 atom stereocenters. The number of rotatable bonds is 4. The van der Waals surface area contributed by atoms with E-state index in [-0.39, 0.29) is 24.6 Å². The van der Waals surface area contributed by atoms with E-state index in [1.807, 2.05) is 6.92 Å². The summed E-state index contributed by atoms with van der Waals surface area (Å²) >= 11 is 0. The van der Waals surface area contributed by atoms with E-state index in [0.29, 0.717) is 36.6 Å². The Hall–Kier alpha value is -2.24. The first-order valence-corrected chi connectivity index (χ1v) is 7.69. The standard InChI is InChI=1S/C16H20N2O4/c1-2-7-17-15(19)12-4-3-8-18(12)16(20)11-5-6-13-14(9-11)22-10-21-13/h5-6,9,12H,2-4,7-8,10H2,1H3,(H,17,19). The van der Waals surface area contributed by atoms with Crippen LogP contribution in [0.4, 0.5) is 0 Å². The van der Waals surface area contributed by atoms with Gasteiger partial charge in [-0.15, -0.1) is 0 Å². The molecule has 1 fully saturated rings. The molecule has 0 aliphatic carbocycles. The van der Waals surface area contributed by atoms with Crippen LogP contribution in [0.1, 0.15) is 36.5 Å². The molecule has 0 aromatic heterocycles. The number of ether oxygens (including phenoxy) is 2. The van der Waals surface area contributed by atoms with Gasteiger partial charge in [0.2, 0.25) is 12.7 Å². The van der Waals surface area contributed by atoms with Gasteiger partial charge in [0.25, 0.3) is 5.91 Å². The summed E-state index contributed by atoms with van der Waals surface area (Å²) in [6.45, 7) is 3.43. The molecular weight excluding hydrogens is 284 g/mol. The molecule has 0 spiro atoms. The lowest BCUT2D eigenvalue weighted by Crippen LogP contribution is -2.46. The number of benzene rings is 1. The van der Waals surface area contributed by atoms with Crippen LogP contribution in [-0.4, -0.2) is 42.6 Å². The Morgan fingerprint density at radius 2 is 2.14 bits per heavy atom.